The van der Waals surface area contributed by atoms with Gasteiger partial charge in [0.25, 0.3) is 0 Å². The first-order valence-electron chi connectivity index (χ1n) is 7.17. The lowest BCUT2D eigenvalue weighted by Crippen LogP contribution is -2.22. The molecule has 0 amide bonds. The highest BCUT2D eigenvalue weighted by atomic mass is 19.1. The smallest absolute Gasteiger partial charge is 0.123 e. The zero-order valence-corrected chi connectivity index (χ0v) is 12.4. The number of nitrogens with zero attached hydrogens (tertiary/aromatic N) is 2. The lowest BCUT2D eigenvalue weighted by molar-refractivity contribution is 0.595. The minimum Gasteiger partial charge on any atom is -0.306 e. The molecule has 3 nitrogen and oxygen atoms in total. The Morgan fingerprint density at radius 2 is 2.15 bits per heavy atom. The number of nitrogens with one attached hydrogen (secondary N) is 1. The van der Waals surface area contributed by atoms with E-state index in [0.29, 0.717) is 0 Å². The summed E-state index contributed by atoms with van der Waals surface area (Å²) in [7, 11) is 0. The van der Waals surface area contributed by atoms with Gasteiger partial charge in [-0.1, -0.05) is 19.9 Å². The molecule has 0 radical (unpaired) electrons. The third kappa shape index (κ3) is 3.25. The van der Waals surface area contributed by atoms with Crippen molar-refractivity contribution in [3.8, 4) is 0 Å². The first-order chi connectivity index (χ1) is 9.65. The molecule has 0 aliphatic carbocycles. The number of rotatable bonds is 6. The molecule has 1 aromatic carbocycles. The molecular formula is C16H22FN3. The molecular weight excluding hydrogens is 253 g/mol. The van der Waals surface area contributed by atoms with Crippen molar-refractivity contribution in [3.63, 3.8) is 0 Å². The molecule has 0 aliphatic rings. The number of hydrogen-bond donors (Lipinski definition) is 1. The molecule has 0 bridgehead atoms. The Kier molecular flexibility index (Phi) is 4.90. The van der Waals surface area contributed by atoms with Crippen molar-refractivity contribution in [2.24, 2.45) is 0 Å². The molecule has 0 spiro atoms. The second-order valence-electron chi connectivity index (χ2n) is 5.03. The van der Waals surface area contributed by atoms with E-state index in [1.807, 2.05) is 23.9 Å². The summed E-state index contributed by atoms with van der Waals surface area (Å²) in [5, 5.41) is 7.84. The van der Waals surface area contributed by atoms with Gasteiger partial charge in [0.2, 0.25) is 0 Å². The lowest BCUT2D eigenvalue weighted by atomic mass is 9.97. The maximum absolute atomic E-state index is 13.3. The second-order valence-corrected chi connectivity index (χ2v) is 5.03. The van der Waals surface area contributed by atoms with Gasteiger partial charge in [0.1, 0.15) is 5.82 Å². The summed E-state index contributed by atoms with van der Waals surface area (Å²) in [6.45, 7) is 7.91. The van der Waals surface area contributed by atoms with Crippen LogP contribution in [0.2, 0.25) is 0 Å². The normalized spacial score (nSPS) is 12.6. The third-order valence-corrected chi connectivity index (χ3v) is 3.39. The fraction of sp³-hybridized carbons (Fsp3) is 0.438. The molecule has 1 N–H and O–H groups in total. The van der Waals surface area contributed by atoms with Crippen molar-refractivity contribution in [2.75, 3.05) is 6.54 Å². The van der Waals surface area contributed by atoms with Gasteiger partial charge in [-0.2, -0.15) is 5.10 Å². The van der Waals surface area contributed by atoms with Crippen LogP contribution >= 0.6 is 0 Å². The highest BCUT2D eigenvalue weighted by molar-refractivity contribution is 5.35. The molecule has 2 aromatic rings. The van der Waals surface area contributed by atoms with Gasteiger partial charge < -0.3 is 5.32 Å². The third-order valence-electron chi connectivity index (χ3n) is 3.39. The first-order valence-corrected chi connectivity index (χ1v) is 7.17. The summed E-state index contributed by atoms with van der Waals surface area (Å²) in [4.78, 5) is 0. The molecule has 0 saturated heterocycles. The van der Waals surface area contributed by atoms with Crippen molar-refractivity contribution < 1.29 is 4.39 Å². The van der Waals surface area contributed by atoms with Crippen LogP contribution in [0.15, 0.2) is 30.6 Å². The summed E-state index contributed by atoms with van der Waals surface area (Å²) >= 11 is 0. The Labute approximate surface area is 119 Å². The molecule has 4 heteroatoms. The summed E-state index contributed by atoms with van der Waals surface area (Å²) in [6, 6.07) is 5.01. The molecule has 20 heavy (non-hydrogen) atoms. The molecule has 1 atom stereocenters. The summed E-state index contributed by atoms with van der Waals surface area (Å²) in [5.74, 6) is -0.192. The highest BCUT2D eigenvalue weighted by Gasteiger charge is 2.17. The SMILES string of the molecule is CCCn1cc(C(NCC)c2ccc(F)cc2C)cn1. The van der Waals surface area contributed by atoms with Crippen LogP contribution in [0.3, 0.4) is 0 Å². The van der Waals surface area contributed by atoms with Crippen LogP contribution in [-0.4, -0.2) is 16.3 Å². The summed E-state index contributed by atoms with van der Waals surface area (Å²) in [5.41, 5.74) is 3.18. The Bertz CT molecular complexity index is 563. The van der Waals surface area contributed by atoms with Gasteiger partial charge in [-0.25, -0.2) is 4.39 Å². The van der Waals surface area contributed by atoms with Crippen molar-refractivity contribution in [3.05, 3.63) is 53.1 Å². The van der Waals surface area contributed by atoms with Crippen LogP contribution in [0.25, 0.3) is 0 Å². The standard InChI is InChI=1S/C16H22FN3/c1-4-8-20-11-13(10-19-20)16(18-5-2)15-7-6-14(17)9-12(15)3/h6-7,9-11,16,18H,4-5,8H2,1-3H3. The fourth-order valence-corrected chi connectivity index (χ4v) is 2.45. The van der Waals surface area contributed by atoms with E-state index in [2.05, 4.69) is 30.5 Å². The number of aryl methyl sites for hydroxylation is 2. The molecule has 1 heterocycles. The summed E-state index contributed by atoms with van der Waals surface area (Å²) in [6.07, 6.45) is 5.02. The predicted octanol–water partition coefficient (Wildman–Crippen LogP) is 3.44. The average molecular weight is 275 g/mol. The van der Waals surface area contributed by atoms with Crippen molar-refractivity contribution >= 4 is 0 Å². The Morgan fingerprint density at radius 1 is 1.35 bits per heavy atom. The Morgan fingerprint density at radius 3 is 2.80 bits per heavy atom. The molecule has 1 unspecified atom stereocenters. The minimum atomic E-state index is -0.192. The number of halogens is 1. The molecule has 0 saturated carbocycles. The average Bonchev–Trinajstić information content (AvgIpc) is 2.86. The van der Waals surface area contributed by atoms with E-state index in [-0.39, 0.29) is 11.9 Å². The number of aromatic nitrogens is 2. The van der Waals surface area contributed by atoms with Gasteiger partial charge in [-0.15, -0.1) is 0 Å². The molecule has 108 valence electrons. The molecule has 2 rings (SSSR count). The zero-order chi connectivity index (χ0) is 14.5. The topological polar surface area (TPSA) is 29.9 Å². The molecule has 0 fully saturated rings. The van der Waals surface area contributed by atoms with Crippen molar-refractivity contribution in [1.29, 1.82) is 0 Å². The fourth-order valence-electron chi connectivity index (χ4n) is 2.45. The lowest BCUT2D eigenvalue weighted by Gasteiger charge is -2.19. The first kappa shape index (κ1) is 14.7. The van der Waals surface area contributed by atoms with Crippen molar-refractivity contribution in [1.82, 2.24) is 15.1 Å². The minimum absolute atomic E-state index is 0.0613. The largest absolute Gasteiger partial charge is 0.306 e. The van der Waals surface area contributed by atoms with E-state index in [1.165, 1.54) is 6.07 Å². The van der Waals surface area contributed by atoms with Crippen molar-refractivity contribution in [2.45, 2.75) is 39.8 Å². The predicted molar refractivity (Wildman–Crippen MR) is 79.2 cm³/mol. The van der Waals surface area contributed by atoms with Gasteiger partial charge in [0.15, 0.2) is 0 Å². The van der Waals surface area contributed by atoms with E-state index >= 15 is 0 Å². The maximum atomic E-state index is 13.3. The van der Waals surface area contributed by atoms with Crippen LogP contribution in [0, 0.1) is 12.7 Å². The van der Waals surface area contributed by atoms with Crippen LogP contribution in [0.4, 0.5) is 4.39 Å². The Hall–Kier alpha value is -1.68. The molecule has 0 aliphatic heterocycles. The van der Waals surface area contributed by atoms with Gasteiger partial charge >= 0.3 is 0 Å². The molecule has 1 aromatic heterocycles. The van der Waals surface area contributed by atoms with E-state index in [0.717, 1.165) is 36.2 Å². The monoisotopic (exact) mass is 275 g/mol. The zero-order valence-electron chi connectivity index (χ0n) is 12.4. The van der Waals surface area contributed by atoms with E-state index in [4.69, 9.17) is 0 Å². The van der Waals surface area contributed by atoms with Gasteiger partial charge in [-0.3, -0.25) is 4.68 Å². The second kappa shape index (κ2) is 6.66. The van der Waals surface area contributed by atoms with Gasteiger partial charge in [-0.05, 0) is 43.1 Å². The van der Waals surface area contributed by atoms with Gasteiger partial charge in [0.05, 0.1) is 12.2 Å². The summed E-state index contributed by atoms with van der Waals surface area (Å²) < 4.78 is 15.2. The van der Waals surface area contributed by atoms with Crippen LogP contribution in [-0.2, 0) is 6.54 Å². The van der Waals surface area contributed by atoms with Gasteiger partial charge in [0, 0.05) is 18.3 Å². The number of benzene rings is 1. The number of hydrogen-bond acceptors (Lipinski definition) is 2. The van der Waals surface area contributed by atoms with E-state index < -0.39 is 0 Å². The van der Waals surface area contributed by atoms with E-state index in [9.17, 15) is 4.39 Å². The Balaban J connectivity index is 2.34. The van der Waals surface area contributed by atoms with E-state index in [1.54, 1.807) is 6.07 Å². The quantitative estimate of drug-likeness (QED) is 0.875. The van der Waals surface area contributed by atoms with Crippen LogP contribution in [0.5, 0.6) is 0 Å². The van der Waals surface area contributed by atoms with Crippen LogP contribution < -0.4 is 5.32 Å². The van der Waals surface area contributed by atoms with Crippen LogP contribution in [0.1, 0.15) is 43.0 Å². The maximum Gasteiger partial charge on any atom is 0.123 e. The highest BCUT2D eigenvalue weighted by Crippen LogP contribution is 2.25.